The van der Waals surface area contributed by atoms with Crippen molar-refractivity contribution in [3.63, 3.8) is 0 Å². The van der Waals surface area contributed by atoms with Gasteiger partial charge in [0.25, 0.3) is 32.3 Å². The Morgan fingerprint density at radius 3 is 2.08 bits per heavy atom. The van der Waals surface area contributed by atoms with E-state index in [0.717, 1.165) is 0 Å². The van der Waals surface area contributed by atoms with Crippen molar-refractivity contribution in [1.29, 1.82) is 0 Å². The molecule has 20 heteroatoms. The van der Waals surface area contributed by atoms with Gasteiger partial charge in [-0.15, -0.1) is 4.33 Å². The van der Waals surface area contributed by atoms with Gasteiger partial charge < -0.3 is 20.5 Å². The summed E-state index contributed by atoms with van der Waals surface area (Å²) in [7, 11) is -8.72. The van der Waals surface area contributed by atoms with E-state index < -0.39 is 72.2 Å². The average Bonchev–Trinajstić information content (AvgIpc) is 3.05. The summed E-state index contributed by atoms with van der Waals surface area (Å²) >= 11 is 0.708. The van der Waals surface area contributed by atoms with Crippen LogP contribution in [0.25, 0.3) is 9.69 Å². The van der Waals surface area contributed by atoms with Gasteiger partial charge in [0.1, 0.15) is 11.3 Å². The number of rotatable bonds is 9. The first kappa shape index (κ1) is 37.4. The summed E-state index contributed by atoms with van der Waals surface area (Å²) in [6, 6.07) is -3.32. The normalized spacial score (nSPS) is 44.0. The Morgan fingerprint density at radius 1 is 0.750 bits per heavy atom. The van der Waals surface area contributed by atoms with Gasteiger partial charge in [-0.05, 0) is 81.5 Å². The van der Waals surface area contributed by atoms with Crippen molar-refractivity contribution in [3.8, 4) is 0 Å². The van der Waals surface area contributed by atoms with Crippen molar-refractivity contribution in [2.45, 2.75) is 135 Å². The Labute approximate surface area is 284 Å². The Bertz CT molecular complexity index is 1500. The van der Waals surface area contributed by atoms with Crippen LogP contribution in [0, 0.1) is 36.8 Å². The molecule has 5 rings (SSSR count). The van der Waals surface area contributed by atoms with Gasteiger partial charge in [0.15, 0.2) is 0 Å². The summed E-state index contributed by atoms with van der Waals surface area (Å²) in [6.07, 6.45) is 3.05. The summed E-state index contributed by atoms with van der Waals surface area (Å²) in [5.41, 5.74) is 6.12. The van der Waals surface area contributed by atoms with E-state index in [9.17, 15) is 31.0 Å². The zero-order chi connectivity index (χ0) is 34.8. The molecule has 6 N–H and O–H groups in total. The lowest BCUT2D eigenvalue weighted by Crippen LogP contribution is -2.57. The fourth-order valence-corrected chi connectivity index (χ4v) is 11.6. The quantitative estimate of drug-likeness (QED) is 0.0571. The summed E-state index contributed by atoms with van der Waals surface area (Å²) < 4.78 is 72.6. The zero-order valence-corrected chi connectivity index (χ0v) is 28.6. The number of hydrogen-bond acceptors (Lipinski definition) is 14. The molecule has 0 amide bonds. The number of aliphatic hydroxyl groups excluding tert-OH is 1. The third kappa shape index (κ3) is 8.36. The van der Waals surface area contributed by atoms with Crippen molar-refractivity contribution in [1.82, 2.24) is 0 Å². The van der Waals surface area contributed by atoms with Gasteiger partial charge in [-0.25, -0.2) is 18.4 Å². The van der Waals surface area contributed by atoms with Crippen LogP contribution in [0.5, 0.6) is 0 Å². The second-order valence-electron chi connectivity index (χ2n) is 13.9. The molecule has 5 aliphatic rings. The van der Waals surface area contributed by atoms with Crippen LogP contribution in [0.2, 0.25) is 0 Å². The van der Waals surface area contributed by atoms with E-state index >= 15 is 0 Å². The topological polar surface area (TPSA) is 252 Å². The van der Waals surface area contributed by atoms with Crippen LogP contribution in [0.15, 0.2) is 20.5 Å². The molecule has 268 valence electrons. The number of hydrogen-bond donors (Lipinski definition) is 5. The van der Waals surface area contributed by atoms with E-state index in [2.05, 4.69) is 30.1 Å². The average molecular weight is 734 g/mol. The van der Waals surface area contributed by atoms with Crippen LogP contribution >= 0.6 is 12.0 Å². The second kappa shape index (κ2) is 15.6. The minimum atomic E-state index is -4.41. The lowest BCUT2D eigenvalue weighted by molar-refractivity contribution is -0.432. The summed E-state index contributed by atoms with van der Waals surface area (Å²) in [5, 5.41) is 39.9. The molecule has 0 heterocycles. The molecule has 5 saturated carbocycles. The predicted molar refractivity (Wildman–Crippen MR) is 171 cm³/mol. The van der Waals surface area contributed by atoms with Gasteiger partial charge in [0.2, 0.25) is 0 Å². The highest BCUT2D eigenvalue weighted by atomic mass is 32.2. The maximum Gasteiger partial charge on any atom is 0.298 e. The third-order valence-electron chi connectivity index (χ3n) is 11.3. The summed E-state index contributed by atoms with van der Waals surface area (Å²) in [4.78, 5) is 7.20. The monoisotopic (exact) mass is 733 g/mol. The number of nitrogens with two attached hydrogens (primary N) is 1. The largest absolute Gasteiger partial charge is 0.390 e. The van der Waals surface area contributed by atoms with Crippen LogP contribution in [0.4, 0.5) is 0 Å². The van der Waals surface area contributed by atoms with Gasteiger partial charge in [-0.1, -0.05) is 5.04 Å². The van der Waals surface area contributed by atoms with Crippen molar-refractivity contribution in [2.75, 3.05) is 0 Å². The molecular weight excluding hydrogens is 691 g/mol. The van der Waals surface area contributed by atoms with Gasteiger partial charge in [-0.2, -0.15) is 37.3 Å². The van der Waals surface area contributed by atoms with Crippen LogP contribution in [0.1, 0.15) is 70.6 Å². The lowest BCUT2D eigenvalue weighted by atomic mass is 9.66. The molecule has 0 aromatic heterocycles. The highest BCUT2D eigenvalue weighted by Gasteiger charge is 2.52. The van der Waals surface area contributed by atoms with E-state index in [1.807, 2.05) is 0 Å². The molecule has 0 aliphatic heterocycles. The standard InChI is InChI=1S/C28H43N7O10S3/c1-30-23-6-3-15(11-24(23)31-2)32-33-21-7-8-22(19-12-16(47(38,39)40)4-5-17(19)21)34-35-27-25(46-45-44-37)9-14-10-26(48(41,42)43)20(29)13-18(14)28(27)36/h14-28,36-37H,3-13,29H2,(H,38,39,40)(H,41,42,43). The van der Waals surface area contributed by atoms with E-state index in [1.54, 1.807) is 0 Å². The number of fused-ring (bicyclic) bond motifs is 2. The van der Waals surface area contributed by atoms with Gasteiger partial charge >= 0.3 is 0 Å². The highest BCUT2D eigenvalue weighted by molar-refractivity contribution is 7.95. The fourth-order valence-electron chi connectivity index (χ4n) is 8.84. The smallest absolute Gasteiger partial charge is 0.298 e. The Hall–Kier alpha value is -1.85. The number of aliphatic hydroxyl groups is 1. The summed E-state index contributed by atoms with van der Waals surface area (Å²) in [5.74, 6) is -1.19. The van der Waals surface area contributed by atoms with Crippen molar-refractivity contribution in [2.24, 2.45) is 49.9 Å². The molecule has 5 aliphatic carbocycles. The van der Waals surface area contributed by atoms with Crippen LogP contribution in [-0.2, 0) is 29.6 Å². The van der Waals surface area contributed by atoms with Gasteiger partial charge in [0, 0.05) is 24.5 Å². The Kier molecular flexibility index (Phi) is 12.1. The number of nitrogens with zero attached hydrogens (tertiary/aromatic N) is 6. The maximum atomic E-state index is 12.2. The molecule has 17 nitrogen and oxygen atoms in total. The van der Waals surface area contributed by atoms with Crippen molar-refractivity contribution >= 4 is 32.3 Å². The molecule has 0 saturated heterocycles. The predicted octanol–water partition coefficient (Wildman–Crippen LogP) is 3.40. The molecule has 0 radical (unpaired) electrons. The van der Waals surface area contributed by atoms with Crippen LogP contribution in [0.3, 0.4) is 0 Å². The molecule has 0 spiro atoms. The third-order valence-corrected chi connectivity index (χ3v) is 14.8. The Morgan fingerprint density at radius 2 is 1.44 bits per heavy atom. The van der Waals surface area contributed by atoms with Gasteiger partial charge in [-0.3, -0.25) is 9.11 Å². The first-order chi connectivity index (χ1) is 22.7. The zero-order valence-electron chi connectivity index (χ0n) is 26.2. The van der Waals surface area contributed by atoms with Crippen LogP contribution < -0.4 is 5.73 Å². The molecule has 0 aromatic rings. The van der Waals surface area contributed by atoms with Crippen molar-refractivity contribution in [3.05, 3.63) is 22.8 Å². The first-order valence-corrected chi connectivity index (χ1v) is 20.1. The van der Waals surface area contributed by atoms with Gasteiger partial charge in [0.05, 0.1) is 41.2 Å². The highest BCUT2D eigenvalue weighted by Crippen LogP contribution is 2.48. The molecule has 48 heavy (non-hydrogen) atoms. The molecule has 5 fully saturated rings. The maximum absolute atomic E-state index is 12.2. The Balaban J connectivity index is 1.34. The molecule has 0 aromatic carbocycles. The minimum Gasteiger partial charge on any atom is -0.390 e. The first-order valence-electron chi connectivity index (χ1n) is 16.3. The fraction of sp³-hybridized carbons (Fsp3) is 0.929. The van der Waals surface area contributed by atoms with E-state index in [-0.39, 0.29) is 61.6 Å². The molecule has 0 bridgehead atoms. The van der Waals surface area contributed by atoms with Crippen molar-refractivity contribution < 1.29 is 45.7 Å². The number of azo groups is 2. The summed E-state index contributed by atoms with van der Waals surface area (Å²) in [6.45, 7) is 14.8. The molecule has 15 unspecified atom stereocenters. The molecular formula is C28H43N7O10S3. The van der Waals surface area contributed by atoms with E-state index in [0.29, 0.717) is 57.0 Å². The molecule has 15 atom stereocenters. The van der Waals surface area contributed by atoms with E-state index in [1.165, 1.54) is 0 Å². The van der Waals surface area contributed by atoms with E-state index in [4.69, 9.17) is 33.6 Å². The van der Waals surface area contributed by atoms with Crippen LogP contribution in [-0.4, -0.2) is 100 Å². The minimum absolute atomic E-state index is 0.0293. The lowest BCUT2D eigenvalue weighted by Gasteiger charge is -2.48. The SMILES string of the molecule is [C-]#[N+]C1CCC(N=NC2CCC(N=NC3C(SOOO)CC4CC(S(=O)(=O)O)C(N)CC4C3O)C3CC(S(=O)(=O)O)CCC23)CC1[N+]#[C-]. The second-order valence-corrected chi connectivity index (χ2v) is 18.2.